The van der Waals surface area contributed by atoms with Crippen LogP contribution in [0, 0.1) is 6.92 Å². The Morgan fingerprint density at radius 3 is 2.33 bits per heavy atom. The number of anilines is 1. The number of hydrogen-bond acceptors (Lipinski definition) is 4. The van der Waals surface area contributed by atoms with Crippen LogP contribution in [0.1, 0.15) is 52.0 Å². The highest BCUT2D eigenvalue weighted by molar-refractivity contribution is 6.32. The van der Waals surface area contributed by atoms with Crippen LogP contribution in [0.2, 0.25) is 5.02 Å². The van der Waals surface area contributed by atoms with E-state index in [0.717, 1.165) is 18.4 Å². The molecule has 0 saturated heterocycles. The standard InChI is InChI=1S/C21H22ClNO4/c1-13-11-15(12-18(22)19(13)27-17-5-3-4-6-17)20(24)23-16-9-7-14(8-10-16)21(25)26-2/h7-12,17H,3-6H2,1-2H3,(H,23,24). The Kier molecular flexibility index (Phi) is 6.01. The van der Waals surface area contributed by atoms with Gasteiger partial charge >= 0.3 is 5.97 Å². The van der Waals surface area contributed by atoms with Gasteiger partial charge in [-0.2, -0.15) is 0 Å². The molecule has 0 radical (unpaired) electrons. The molecule has 3 rings (SSSR count). The Bertz CT molecular complexity index is 819. The second kappa shape index (κ2) is 8.44. The lowest BCUT2D eigenvalue weighted by Crippen LogP contribution is -2.15. The van der Waals surface area contributed by atoms with Crippen LogP contribution < -0.4 is 10.1 Å². The van der Waals surface area contributed by atoms with Crippen LogP contribution in [0.5, 0.6) is 5.75 Å². The van der Waals surface area contributed by atoms with E-state index >= 15 is 0 Å². The number of ether oxygens (including phenoxy) is 2. The number of rotatable bonds is 5. The molecule has 1 saturated carbocycles. The number of hydrogen-bond donors (Lipinski definition) is 1. The van der Waals surface area contributed by atoms with Crippen LogP contribution in [0.25, 0.3) is 0 Å². The molecule has 0 aliphatic heterocycles. The minimum atomic E-state index is -0.423. The summed E-state index contributed by atoms with van der Waals surface area (Å²) >= 11 is 6.38. The molecule has 1 amide bonds. The quantitative estimate of drug-likeness (QED) is 0.732. The zero-order valence-corrected chi connectivity index (χ0v) is 16.1. The Balaban J connectivity index is 1.71. The zero-order chi connectivity index (χ0) is 19.4. The summed E-state index contributed by atoms with van der Waals surface area (Å²) in [4.78, 5) is 24.0. The van der Waals surface area contributed by atoms with Gasteiger partial charge in [-0.3, -0.25) is 4.79 Å². The fraction of sp³-hybridized carbons (Fsp3) is 0.333. The fourth-order valence-electron chi connectivity index (χ4n) is 3.19. The fourth-order valence-corrected chi connectivity index (χ4v) is 3.51. The topological polar surface area (TPSA) is 64.6 Å². The van der Waals surface area contributed by atoms with Crippen molar-refractivity contribution in [2.75, 3.05) is 12.4 Å². The van der Waals surface area contributed by atoms with Crippen LogP contribution >= 0.6 is 11.6 Å². The normalized spacial score (nSPS) is 14.0. The monoisotopic (exact) mass is 387 g/mol. The van der Waals surface area contributed by atoms with Gasteiger partial charge in [-0.1, -0.05) is 11.6 Å². The first-order valence-electron chi connectivity index (χ1n) is 8.94. The summed E-state index contributed by atoms with van der Waals surface area (Å²) in [6.07, 6.45) is 4.64. The highest BCUT2D eigenvalue weighted by atomic mass is 35.5. The molecule has 1 fully saturated rings. The Hall–Kier alpha value is -2.53. The summed E-state index contributed by atoms with van der Waals surface area (Å²) in [5, 5.41) is 3.24. The second-order valence-electron chi connectivity index (χ2n) is 6.65. The summed E-state index contributed by atoms with van der Waals surface area (Å²) in [6.45, 7) is 1.89. The third kappa shape index (κ3) is 4.61. The van der Waals surface area contributed by atoms with E-state index in [1.54, 1.807) is 36.4 Å². The largest absolute Gasteiger partial charge is 0.489 e. The number of esters is 1. The van der Waals surface area contributed by atoms with Crippen molar-refractivity contribution in [2.45, 2.75) is 38.7 Å². The lowest BCUT2D eigenvalue weighted by Gasteiger charge is -2.17. The summed E-state index contributed by atoms with van der Waals surface area (Å²) in [5.41, 5.74) is 2.28. The molecule has 27 heavy (non-hydrogen) atoms. The van der Waals surface area contributed by atoms with Crippen LogP contribution in [0.3, 0.4) is 0 Å². The molecule has 0 unspecified atom stereocenters. The minimum absolute atomic E-state index is 0.203. The van der Waals surface area contributed by atoms with Gasteiger partial charge in [0.2, 0.25) is 0 Å². The molecular weight excluding hydrogens is 366 g/mol. The molecule has 0 spiro atoms. The van der Waals surface area contributed by atoms with E-state index in [1.807, 2.05) is 6.92 Å². The molecule has 142 valence electrons. The number of carbonyl (C=O) groups is 2. The van der Waals surface area contributed by atoms with Gasteiger partial charge in [0, 0.05) is 11.3 Å². The van der Waals surface area contributed by atoms with Crippen molar-refractivity contribution in [3.8, 4) is 5.75 Å². The van der Waals surface area contributed by atoms with Gasteiger partial charge in [-0.05, 0) is 74.6 Å². The van der Waals surface area contributed by atoms with Crippen molar-refractivity contribution < 1.29 is 19.1 Å². The maximum Gasteiger partial charge on any atom is 0.337 e. The number of carbonyl (C=O) groups excluding carboxylic acids is 2. The number of amides is 1. The first kappa shape index (κ1) is 19.2. The predicted octanol–water partition coefficient (Wildman–Crippen LogP) is 5.01. The third-order valence-corrected chi connectivity index (χ3v) is 4.92. The molecule has 5 nitrogen and oxygen atoms in total. The lowest BCUT2D eigenvalue weighted by atomic mass is 10.1. The molecule has 0 atom stereocenters. The number of methoxy groups -OCH3 is 1. The second-order valence-corrected chi connectivity index (χ2v) is 7.06. The Labute approximate surface area is 163 Å². The summed E-state index contributed by atoms with van der Waals surface area (Å²) < 4.78 is 10.7. The Morgan fingerprint density at radius 1 is 1.07 bits per heavy atom. The van der Waals surface area contributed by atoms with Crippen molar-refractivity contribution in [3.63, 3.8) is 0 Å². The highest BCUT2D eigenvalue weighted by Gasteiger charge is 2.20. The molecule has 0 bridgehead atoms. The minimum Gasteiger partial charge on any atom is -0.489 e. The van der Waals surface area contributed by atoms with Crippen LogP contribution in [0.15, 0.2) is 36.4 Å². The highest BCUT2D eigenvalue weighted by Crippen LogP contribution is 2.34. The first-order chi connectivity index (χ1) is 13.0. The van der Waals surface area contributed by atoms with Crippen LogP contribution in [0.4, 0.5) is 5.69 Å². The van der Waals surface area contributed by atoms with Gasteiger partial charge in [0.25, 0.3) is 5.91 Å². The van der Waals surface area contributed by atoms with Gasteiger partial charge < -0.3 is 14.8 Å². The molecule has 0 aromatic heterocycles. The van der Waals surface area contributed by atoms with E-state index in [-0.39, 0.29) is 12.0 Å². The van der Waals surface area contributed by atoms with Gasteiger partial charge in [-0.15, -0.1) is 0 Å². The van der Waals surface area contributed by atoms with E-state index in [0.29, 0.717) is 27.6 Å². The lowest BCUT2D eigenvalue weighted by molar-refractivity contribution is 0.0600. The maximum absolute atomic E-state index is 12.5. The van der Waals surface area contributed by atoms with Gasteiger partial charge in [0.05, 0.1) is 23.8 Å². The SMILES string of the molecule is COC(=O)c1ccc(NC(=O)c2cc(C)c(OC3CCCC3)c(Cl)c2)cc1. The number of halogens is 1. The van der Waals surface area contributed by atoms with Gasteiger partial charge in [0.1, 0.15) is 5.75 Å². The van der Waals surface area contributed by atoms with Gasteiger partial charge in [-0.25, -0.2) is 4.79 Å². The molecule has 6 heteroatoms. The zero-order valence-electron chi connectivity index (χ0n) is 15.4. The third-order valence-electron chi connectivity index (χ3n) is 4.64. The maximum atomic E-state index is 12.5. The summed E-state index contributed by atoms with van der Waals surface area (Å²) in [6, 6.07) is 9.88. The number of nitrogens with one attached hydrogen (secondary N) is 1. The van der Waals surface area contributed by atoms with Crippen LogP contribution in [-0.2, 0) is 4.74 Å². The average molecular weight is 388 g/mol. The van der Waals surface area contributed by atoms with Gasteiger partial charge in [0.15, 0.2) is 0 Å². The molecule has 2 aromatic rings. The molecule has 1 aliphatic rings. The van der Waals surface area contributed by atoms with Crippen molar-refractivity contribution >= 4 is 29.2 Å². The Morgan fingerprint density at radius 2 is 1.74 bits per heavy atom. The molecule has 2 aromatic carbocycles. The van der Waals surface area contributed by atoms with Crippen molar-refractivity contribution in [1.82, 2.24) is 0 Å². The molecule has 1 aliphatic carbocycles. The van der Waals surface area contributed by atoms with E-state index < -0.39 is 5.97 Å². The molecule has 1 N–H and O–H groups in total. The average Bonchev–Trinajstić information content (AvgIpc) is 3.17. The first-order valence-corrected chi connectivity index (χ1v) is 9.32. The van der Waals surface area contributed by atoms with Crippen molar-refractivity contribution in [1.29, 1.82) is 0 Å². The smallest absolute Gasteiger partial charge is 0.337 e. The number of benzene rings is 2. The predicted molar refractivity (Wildman–Crippen MR) is 105 cm³/mol. The van der Waals surface area contributed by atoms with E-state index in [1.165, 1.54) is 20.0 Å². The number of aryl methyl sites for hydroxylation is 1. The van der Waals surface area contributed by atoms with Crippen LogP contribution in [-0.4, -0.2) is 25.1 Å². The molecule has 0 heterocycles. The molecular formula is C21H22ClNO4. The van der Waals surface area contributed by atoms with E-state index in [9.17, 15) is 9.59 Å². The van der Waals surface area contributed by atoms with E-state index in [2.05, 4.69) is 10.1 Å². The van der Waals surface area contributed by atoms with Crippen molar-refractivity contribution in [2.24, 2.45) is 0 Å². The summed E-state index contributed by atoms with van der Waals surface area (Å²) in [5.74, 6) is -0.0473. The van der Waals surface area contributed by atoms with Crippen molar-refractivity contribution in [3.05, 3.63) is 58.1 Å². The van der Waals surface area contributed by atoms with E-state index in [4.69, 9.17) is 16.3 Å². The summed E-state index contributed by atoms with van der Waals surface area (Å²) in [7, 11) is 1.32.